The average molecular weight is 343 g/mol. The van der Waals surface area contributed by atoms with Crippen LogP contribution in [-0.2, 0) is 0 Å². The highest BCUT2D eigenvalue weighted by molar-refractivity contribution is 9.10. The molecule has 0 radical (unpaired) electrons. The van der Waals surface area contributed by atoms with E-state index in [2.05, 4.69) is 77.8 Å². The van der Waals surface area contributed by atoms with Crippen LogP contribution >= 0.6 is 15.9 Å². The first kappa shape index (κ1) is 14.3. The van der Waals surface area contributed by atoms with Gasteiger partial charge in [0, 0.05) is 21.7 Å². The van der Waals surface area contributed by atoms with Gasteiger partial charge in [0.2, 0.25) is 0 Å². The maximum atomic E-state index is 4.71. The third kappa shape index (κ3) is 2.51. The number of pyridine rings is 1. The Morgan fingerprint density at radius 2 is 1.86 bits per heavy atom. The molecule has 3 heteroatoms. The smallest absolute Gasteiger partial charge is 0.145 e. The summed E-state index contributed by atoms with van der Waals surface area (Å²) in [6, 6.07) is 10.8. The van der Waals surface area contributed by atoms with Crippen molar-refractivity contribution in [3.8, 4) is 5.69 Å². The molecule has 0 bridgehead atoms. The van der Waals surface area contributed by atoms with Crippen molar-refractivity contribution in [1.82, 2.24) is 9.55 Å². The zero-order valence-corrected chi connectivity index (χ0v) is 14.4. The van der Waals surface area contributed by atoms with Crippen molar-refractivity contribution in [3.05, 3.63) is 57.8 Å². The zero-order chi connectivity index (χ0) is 15.1. The molecule has 0 atom stereocenters. The van der Waals surface area contributed by atoms with Gasteiger partial charge >= 0.3 is 0 Å². The molecule has 3 aromatic rings. The fraction of sp³-hybridized carbons (Fsp3) is 0.278. The van der Waals surface area contributed by atoms with Gasteiger partial charge in [-0.05, 0) is 71.1 Å². The van der Waals surface area contributed by atoms with Crippen LogP contribution in [0.5, 0.6) is 0 Å². The average Bonchev–Trinajstić information content (AvgIpc) is 2.82. The summed E-state index contributed by atoms with van der Waals surface area (Å²) in [5, 5.41) is 1.21. The van der Waals surface area contributed by atoms with Crippen LogP contribution in [0.2, 0.25) is 0 Å². The highest BCUT2D eigenvalue weighted by Crippen LogP contribution is 2.29. The Kier molecular flexibility index (Phi) is 3.62. The molecule has 0 spiro atoms. The minimum Gasteiger partial charge on any atom is -0.300 e. The van der Waals surface area contributed by atoms with Crippen LogP contribution in [0, 0.1) is 13.8 Å². The molecule has 0 aliphatic carbocycles. The number of nitrogens with zero attached hydrogens (tertiary/aromatic N) is 2. The minimum absolute atomic E-state index is 0.527. The molecule has 0 saturated heterocycles. The van der Waals surface area contributed by atoms with Crippen molar-refractivity contribution in [1.29, 1.82) is 0 Å². The molecule has 0 amide bonds. The van der Waals surface area contributed by atoms with Crippen LogP contribution in [-0.4, -0.2) is 9.55 Å². The van der Waals surface area contributed by atoms with E-state index in [-0.39, 0.29) is 0 Å². The third-order valence-corrected chi connectivity index (χ3v) is 4.52. The van der Waals surface area contributed by atoms with E-state index in [1.54, 1.807) is 0 Å². The van der Waals surface area contributed by atoms with Gasteiger partial charge in [-0.25, -0.2) is 4.98 Å². The highest BCUT2D eigenvalue weighted by Gasteiger charge is 2.11. The summed E-state index contributed by atoms with van der Waals surface area (Å²) < 4.78 is 3.26. The fourth-order valence-electron chi connectivity index (χ4n) is 2.71. The van der Waals surface area contributed by atoms with Gasteiger partial charge < -0.3 is 4.57 Å². The molecule has 0 aliphatic rings. The first-order valence-electron chi connectivity index (χ1n) is 7.22. The second-order valence-electron chi connectivity index (χ2n) is 5.87. The Labute approximate surface area is 134 Å². The van der Waals surface area contributed by atoms with Gasteiger partial charge in [-0.3, -0.25) is 0 Å². The number of halogens is 1. The molecule has 21 heavy (non-hydrogen) atoms. The van der Waals surface area contributed by atoms with Gasteiger partial charge in [0.1, 0.15) is 5.65 Å². The van der Waals surface area contributed by atoms with Gasteiger partial charge in [-0.2, -0.15) is 0 Å². The van der Waals surface area contributed by atoms with Gasteiger partial charge in [0.25, 0.3) is 0 Å². The molecular formula is C18H19BrN2. The van der Waals surface area contributed by atoms with E-state index in [9.17, 15) is 0 Å². The van der Waals surface area contributed by atoms with Gasteiger partial charge in [-0.1, -0.05) is 19.9 Å². The quantitative estimate of drug-likeness (QED) is 0.598. The molecule has 3 rings (SSSR count). The van der Waals surface area contributed by atoms with Crippen molar-refractivity contribution in [2.45, 2.75) is 33.6 Å². The number of aryl methyl sites for hydroxylation is 2. The van der Waals surface area contributed by atoms with Gasteiger partial charge in [-0.15, -0.1) is 0 Å². The summed E-state index contributed by atoms with van der Waals surface area (Å²) in [6.45, 7) is 8.60. The summed E-state index contributed by atoms with van der Waals surface area (Å²) in [7, 11) is 0. The Balaban J connectivity index is 2.21. The number of aromatic nitrogens is 2. The summed E-state index contributed by atoms with van der Waals surface area (Å²) in [5.74, 6) is 0.527. The Morgan fingerprint density at radius 1 is 1.10 bits per heavy atom. The lowest BCUT2D eigenvalue weighted by molar-refractivity contribution is 0.864. The predicted molar refractivity (Wildman–Crippen MR) is 92.3 cm³/mol. The standard InChI is InChI=1S/C18H19BrN2/c1-11(2)14-5-6-17(16(19)10-14)21-8-7-15-12(3)9-13(4)20-18(15)21/h5-11H,1-4H3. The summed E-state index contributed by atoms with van der Waals surface area (Å²) in [5.41, 5.74) is 5.81. The number of hydrogen-bond donors (Lipinski definition) is 0. The first-order valence-corrected chi connectivity index (χ1v) is 8.02. The van der Waals surface area contributed by atoms with E-state index in [0.29, 0.717) is 5.92 Å². The van der Waals surface area contributed by atoms with E-state index >= 15 is 0 Å². The van der Waals surface area contributed by atoms with Crippen LogP contribution < -0.4 is 0 Å². The molecule has 0 N–H and O–H groups in total. The van der Waals surface area contributed by atoms with Crippen LogP contribution in [0.25, 0.3) is 16.7 Å². The van der Waals surface area contributed by atoms with E-state index in [0.717, 1.165) is 21.5 Å². The van der Waals surface area contributed by atoms with E-state index in [1.807, 2.05) is 6.92 Å². The second-order valence-corrected chi connectivity index (χ2v) is 6.72. The SMILES string of the molecule is Cc1cc(C)c2ccn(-c3ccc(C(C)C)cc3Br)c2n1. The van der Waals surface area contributed by atoms with E-state index in [1.165, 1.54) is 16.5 Å². The molecule has 0 fully saturated rings. The molecule has 108 valence electrons. The monoisotopic (exact) mass is 342 g/mol. The number of hydrogen-bond acceptors (Lipinski definition) is 1. The van der Waals surface area contributed by atoms with E-state index in [4.69, 9.17) is 4.98 Å². The molecule has 2 nitrogen and oxygen atoms in total. The summed E-state index contributed by atoms with van der Waals surface area (Å²) in [6.07, 6.45) is 2.10. The van der Waals surface area contributed by atoms with Crippen molar-refractivity contribution >= 4 is 27.0 Å². The first-order chi connectivity index (χ1) is 9.97. The molecule has 2 aromatic heterocycles. The molecule has 0 aliphatic heterocycles. The van der Waals surface area contributed by atoms with Crippen molar-refractivity contribution < 1.29 is 0 Å². The molecule has 2 heterocycles. The lowest BCUT2D eigenvalue weighted by Crippen LogP contribution is -1.98. The van der Waals surface area contributed by atoms with Crippen LogP contribution in [0.3, 0.4) is 0 Å². The normalized spacial score (nSPS) is 11.5. The summed E-state index contributed by atoms with van der Waals surface area (Å²) >= 11 is 3.71. The number of rotatable bonds is 2. The Bertz CT molecular complexity index is 815. The van der Waals surface area contributed by atoms with Gasteiger partial charge in [0.15, 0.2) is 0 Å². The molecule has 1 aromatic carbocycles. The van der Waals surface area contributed by atoms with Crippen molar-refractivity contribution in [2.75, 3.05) is 0 Å². The lowest BCUT2D eigenvalue weighted by atomic mass is 10.0. The van der Waals surface area contributed by atoms with Crippen LogP contribution in [0.4, 0.5) is 0 Å². The maximum absolute atomic E-state index is 4.71. The zero-order valence-electron chi connectivity index (χ0n) is 12.8. The Morgan fingerprint density at radius 3 is 2.52 bits per heavy atom. The minimum atomic E-state index is 0.527. The van der Waals surface area contributed by atoms with E-state index < -0.39 is 0 Å². The Hall–Kier alpha value is -1.61. The number of benzene rings is 1. The maximum Gasteiger partial charge on any atom is 0.145 e. The van der Waals surface area contributed by atoms with Crippen molar-refractivity contribution in [3.63, 3.8) is 0 Å². The summed E-state index contributed by atoms with van der Waals surface area (Å²) in [4.78, 5) is 4.71. The largest absolute Gasteiger partial charge is 0.300 e. The van der Waals surface area contributed by atoms with Crippen LogP contribution in [0.15, 0.2) is 41.0 Å². The number of fused-ring (bicyclic) bond motifs is 1. The molecule has 0 unspecified atom stereocenters. The van der Waals surface area contributed by atoms with Gasteiger partial charge in [0.05, 0.1) is 5.69 Å². The lowest BCUT2D eigenvalue weighted by Gasteiger charge is -2.12. The predicted octanol–water partition coefficient (Wildman–Crippen LogP) is 5.53. The molecule has 0 saturated carbocycles. The fourth-order valence-corrected chi connectivity index (χ4v) is 3.30. The molecular weight excluding hydrogens is 324 g/mol. The third-order valence-electron chi connectivity index (χ3n) is 3.89. The highest BCUT2D eigenvalue weighted by atomic mass is 79.9. The topological polar surface area (TPSA) is 17.8 Å². The van der Waals surface area contributed by atoms with Crippen molar-refractivity contribution in [2.24, 2.45) is 0 Å². The van der Waals surface area contributed by atoms with Crippen LogP contribution in [0.1, 0.15) is 36.6 Å². The second kappa shape index (κ2) is 5.30.